The van der Waals surface area contributed by atoms with Crippen LogP contribution in [0.25, 0.3) is 0 Å². The lowest BCUT2D eigenvalue weighted by Crippen LogP contribution is -2.47. The molecule has 4 amide bonds. The van der Waals surface area contributed by atoms with E-state index >= 15 is 0 Å². The molecule has 2 heterocycles. The number of ether oxygens (including phenoxy) is 1. The summed E-state index contributed by atoms with van der Waals surface area (Å²) in [4.78, 5) is 122. The minimum Gasteiger partial charge on any atom is -0.748 e. The first-order chi connectivity index (χ1) is 55.9. The molecule has 0 bridgehead atoms. The number of quaternary nitrogens is 1. The predicted molar refractivity (Wildman–Crippen MR) is 436 cm³/mol. The fourth-order valence-electron chi connectivity index (χ4n) is 14.6. The third kappa shape index (κ3) is 36.9. The molecule has 0 fully saturated rings. The van der Waals surface area contributed by atoms with Gasteiger partial charge in [-0.15, -0.1) is 25.3 Å². The number of urea groups is 1. The molecule has 7 rings (SSSR count). The van der Waals surface area contributed by atoms with E-state index < -0.39 is 118 Å². The number of carboxylic acids is 3. The van der Waals surface area contributed by atoms with Crippen molar-refractivity contribution in [3.05, 3.63) is 167 Å². The smallest absolute Gasteiger partial charge is 0.425 e. The topological polar surface area (TPSA) is 509 Å². The molecule has 4 aliphatic rings. The summed E-state index contributed by atoms with van der Waals surface area (Å²) < 4.78 is 129. The minimum atomic E-state index is -4.40. The summed E-state index contributed by atoms with van der Waals surface area (Å²) in [5.41, 5.74) is 6.36. The molecule has 0 aromatic heterocycles. The number of ketones is 2. The number of carboxylic acid groups (broad SMARTS) is 3. The number of amides is 4. The molecule has 652 valence electrons. The number of hydrogen-bond donors (Lipinski definition) is 8. The van der Waals surface area contributed by atoms with Crippen LogP contribution in [-0.2, 0) is 103 Å². The van der Waals surface area contributed by atoms with Gasteiger partial charge >= 0.3 is 51.3 Å². The number of fused-ring (bicyclic) bond motifs is 2. The highest BCUT2D eigenvalue weighted by atomic mass is 32.2. The number of rotatable bonds is 45. The van der Waals surface area contributed by atoms with Crippen LogP contribution < -0.4 is 30.9 Å². The highest BCUT2D eigenvalue weighted by Gasteiger charge is 2.52. The molecule has 3 aromatic carbocycles. The minimum absolute atomic E-state index is 0.00780. The van der Waals surface area contributed by atoms with Crippen LogP contribution in [0.2, 0.25) is 0 Å². The molecule has 8 N–H and O–H groups in total. The number of nitrogens with one attached hydrogen (secondary N) is 4. The molecular formula is C82H110N7O26S4+. The van der Waals surface area contributed by atoms with Crippen LogP contribution in [0.15, 0.2) is 150 Å². The number of allylic oxidation sites excluding steroid dienone is 9. The summed E-state index contributed by atoms with van der Waals surface area (Å²) in [5, 5.41) is 39.6. The summed E-state index contributed by atoms with van der Waals surface area (Å²) in [6.07, 6.45) is 21.8. The van der Waals surface area contributed by atoms with Gasteiger partial charge in [0.15, 0.2) is 17.5 Å². The van der Waals surface area contributed by atoms with Gasteiger partial charge in [-0.25, -0.2) is 27.4 Å². The molecule has 119 heavy (non-hydrogen) atoms. The average molecular weight is 1740 g/mol. The van der Waals surface area contributed by atoms with Crippen molar-refractivity contribution < 1.29 is 128 Å². The van der Waals surface area contributed by atoms with Crippen LogP contribution >= 0.6 is 0 Å². The Morgan fingerprint density at radius 3 is 1.90 bits per heavy atom. The Balaban J connectivity index is 0.00000255. The molecule has 33 nitrogen and oxygen atoms in total. The van der Waals surface area contributed by atoms with Gasteiger partial charge < -0.3 is 55.3 Å². The summed E-state index contributed by atoms with van der Waals surface area (Å²) in [6, 6.07) is 19.4. The van der Waals surface area contributed by atoms with Gasteiger partial charge in [0.05, 0.1) is 60.9 Å². The lowest BCUT2D eigenvalue weighted by atomic mass is 9.73. The van der Waals surface area contributed by atoms with Crippen molar-refractivity contribution >= 4 is 106 Å². The van der Waals surface area contributed by atoms with Crippen LogP contribution in [0.5, 0.6) is 5.75 Å². The second kappa shape index (κ2) is 49.3. The maximum absolute atomic E-state index is 14.6. The van der Waals surface area contributed by atoms with Gasteiger partial charge in [-0.1, -0.05) is 98.8 Å². The molecule has 3 aromatic rings. The fourth-order valence-corrected chi connectivity index (χ4v) is 15.7. The maximum atomic E-state index is 14.6. The quantitative estimate of drug-likeness (QED) is 0.0117. The van der Waals surface area contributed by atoms with Gasteiger partial charge in [0.2, 0.25) is 11.8 Å². The Morgan fingerprint density at radius 2 is 1.28 bits per heavy atom. The molecule has 0 saturated heterocycles. The molecule has 0 spiro atoms. The van der Waals surface area contributed by atoms with Crippen LogP contribution in [0, 0.1) is 17.3 Å². The van der Waals surface area contributed by atoms with Crippen molar-refractivity contribution in [1.82, 2.24) is 21.3 Å². The van der Waals surface area contributed by atoms with E-state index in [4.69, 9.17) is 44.7 Å². The first kappa shape index (κ1) is 101. The zero-order valence-corrected chi connectivity index (χ0v) is 71.2. The number of unbranched alkanes of at least 4 members (excludes halogenated alkanes) is 4. The van der Waals surface area contributed by atoms with E-state index in [0.717, 1.165) is 52.3 Å². The number of hydrogen-bond acceptors (Lipinski definition) is 23. The van der Waals surface area contributed by atoms with Gasteiger partial charge in [-0.05, 0) is 168 Å². The third-order valence-corrected chi connectivity index (χ3v) is 22.0. The number of carbonyl (C=O) groups is 8. The van der Waals surface area contributed by atoms with Gasteiger partial charge in [-0.2, -0.15) is 18.0 Å². The molecule has 2 unspecified atom stereocenters. The summed E-state index contributed by atoms with van der Waals surface area (Å²) in [7, 11) is -8.65. The van der Waals surface area contributed by atoms with Crippen molar-refractivity contribution in [2.75, 3.05) is 63.7 Å². The lowest BCUT2D eigenvalue weighted by molar-refractivity contribution is -0.870. The zero-order valence-electron chi connectivity index (χ0n) is 67.9. The van der Waals surface area contributed by atoms with Gasteiger partial charge in [-0.3, -0.25) is 28.5 Å². The van der Waals surface area contributed by atoms with Crippen molar-refractivity contribution in [1.29, 1.82) is 0 Å². The molecule has 2 aliphatic heterocycles. The van der Waals surface area contributed by atoms with Crippen LogP contribution in [0.3, 0.4) is 0 Å². The Kier molecular flexibility index (Phi) is 41.9. The Bertz CT molecular complexity index is 4740. The van der Waals surface area contributed by atoms with Crippen molar-refractivity contribution in [2.45, 2.75) is 192 Å². The van der Waals surface area contributed by atoms with Crippen LogP contribution in [-0.4, -0.2) is 218 Å². The van der Waals surface area contributed by atoms with E-state index in [1.54, 1.807) is 36.4 Å². The van der Waals surface area contributed by atoms with E-state index in [9.17, 15) is 74.5 Å². The monoisotopic (exact) mass is 1740 g/mol. The summed E-state index contributed by atoms with van der Waals surface area (Å²) in [5.74, 6) is -6.14. The van der Waals surface area contributed by atoms with E-state index in [0.29, 0.717) is 73.2 Å². The normalized spacial score (nSPS) is 17.4. The van der Waals surface area contributed by atoms with Crippen LogP contribution in [0.4, 0.5) is 10.5 Å². The molecule has 0 radical (unpaired) electrons. The van der Waals surface area contributed by atoms with E-state index in [2.05, 4.69) is 101 Å². The number of carbonyl (C=O) groups excluding carboxylic acids is 7. The Hall–Kier alpha value is -10.3. The highest BCUT2D eigenvalue weighted by Crippen LogP contribution is 2.48. The summed E-state index contributed by atoms with van der Waals surface area (Å²) in [6.45, 7) is 10.5. The Labute approximate surface area is 697 Å². The molecular weight excluding hydrogens is 1630 g/mol. The molecule has 0 saturated carbocycles. The van der Waals surface area contributed by atoms with Gasteiger partial charge in [0.1, 0.15) is 35.9 Å². The van der Waals surface area contributed by atoms with Crippen molar-refractivity contribution in [2.24, 2.45) is 17.3 Å². The van der Waals surface area contributed by atoms with Crippen molar-refractivity contribution in [3.63, 3.8) is 0 Å². The fraction of sp³-hybridized carbons (Fsp3) is 0.512. The number of para-hydroxylation sites is 1. The van der Waals surface area contributed by atoms with Gasteiger partial charge in [0.25, 0.3) is 10.1 Å². The first-order valence-corrected chi connectivity index (χ1v) is 44.1. The van der Waals surface area contributed by atoms with Gasteiger partial charge in [0, 0.05) is 92.6 Å². The zero-order chi connectivity index (χ0) is 88.8. The largest absolute Gasteiger partial charge is 0.748 e. The second-order valence-corrected chi connectivity index (χ2v) is 35.1. The van der Waals surface area contributed by atoms with Crippen LogP contribution in [0.1, 0.15) is 166 Å². The highest BCUT2D eigenvalue weighted by molar-refractivity contribution is 7.86. The first-order valence-electron chi connectivity index (χ1n) is 38.9. The predicted octanol–water partition coefficient (Wildman–Crippen LogP) is 7.49. The number of benzene rings is 3. The second-order valence-electron chi connectivity index (χ2n) is 31.2. The van der Waals surface area contributed by atoms with Crippen molar-refractivity contribution in [3.8, 4) is 5.75 Å². The lowest BCUT2D eigenvalue weighted by Gasteiger charge is -2.28. The summed E-state index contributed by atoms with van der Waals surface area (Å²) >= 11 is 0. The average Bonchev–Trinajstić information content (AvgIpc) is 1.60. The molecule has 6 atom stereocenters. The molecule has 37 heteroatoms. The number of Topliss-reactive ketones (excluding diaryl/α,β-unsaturated/α-hetero) is 2. The third-order valence-electron chi connectivity index (χ3n) is 20.4. The maximum Gasteiger partial charge on any atom is 0.425 e. The molecule has 2 aliphatic carbocycles. The van der Waals surface area contributed by atoms with E-state index in [1.165, 1.54) is 0 Å². The Morgan fingerprint density at radius 1 is 0.672 bits per heavy atom. The van der Waals surface area contributed by atoms with E-state index in [1.807, 2.05) is 69.7 Å². The number of anilines is 1. The number of nitrogens with zero attached hydrogens (tertiary/aromatic N) is 3. The standard InChI is InChI=1S/C81H109N7O18S2.CO2.2O3S/c1-80(2)63-31-12-14-33-68(63)86(48-18-21-51-107(100,101)102)71(80)45-39-58-28-23-29-59(40-46-72-81(3,4)64-32-13-15-34-69(64)87(72)49-19-22-52-108(103,104)105)75(58)106-62-42-37-57(38-43-62)54-67(78(97)98)84-76(94)60(27-17-20-50-88(5,6)7)55-70(90)66(53-56-25-9-8-10-26-56)83-73(91)35-16-11-30-61(89)41-44-65(77(95)96)85-79(99)82-47-24-36-74(92)93;2-1-3;2*1-4(2)3/h8-10,12-15,25-26,31-34,37-40,42-43,45-46,60,63,65-68H,11,16-24,27-30,35-36,41,44,47-55H2,1-7H3,(H7-2,82,83,84,85,91,92,93,94,95,96,97,98,99,100,101,102,103,104,105);;;/p+1/t60-,63?,65+,66+,67+,68?;;;/m1.../s1. The number of aliphatic carboxylic acids is 3. The van der Waals surface area contributed by atoms with E-state index in [-0.39, 0.29) is 131 Å². The SMILES string of the molecule is CC1(C)C(=CC=C2CCCC(C=CC3=[N+](CCCCS(=O)(=O)O)C4C=CC=CC4C3(C)C)=C2Oc2ccc(C[C@H](NC(=O)[C@H](CCCC[N+](C)(C)C)CC(=O)[C@H](Cc3ccccc3)NC(=O)CCCCC(=O)CC[C@H](NC(=O)NCCCC(=O)O)C(=O)O)C(=O)O)cc2)N(CCCCS(=O)(=O)[O-])c2ccccc21.O=C=O.O=S(=O)=O.O=S(=O)=O.